The zero-order valence-electron chi connectivity index (χ0n) is 9.73. The number of rotatable bonds is 5. The normalized spacial score (nSPS) is 10.9. The molecule has 0 aliphatic rings. The summed E-state index contributed by atoms with van der Waals surface area (Å²) >= 11 is 0. The maximum absolute atomic E-state index is 10.0. The molecule has 1 rings (SSSR count). The molecule has 0 aromatic heterocycles. The minimum Gasteiger partial charge on any atom is -0.491 e. The predicted molar refractivity (Wildman–Crippen MR) is 62.2 cm³/mol. The van der Waals surface area contributed by atoms with Crippen molar-refractivity contribution in [2.75, 3.05) is 6.61 Å². The second-order valence-corrected chi connectivity index (χ2v) is 3.86. The Morgan fingerprint density at radius 2 is 1.81 bits per heavy atom. The van der Waals surface area contributed by atoms with Crippen LogP contribution in [0.4, 0.5) is 0 Å². The minimum absolute atomic E-state index is 0.284. The average Bonchev–Trinajstić information content (AvgIpc) is 2.36. The lowest BCUT2D eigenvalue weighted by molar-refractivity contribution is -0.0113. The molecule has 0 radical (unpaired) electrons. The van der Waals surface area contributed by atoms with Crippen LogP contribution in [0.15, 0.2) is 24.3 Å². The molecule has 0 fully saturated rings. The Bertz CT molecular complexity index is 361. The van der Waals surface area contributed by atoms with Gasteiger partial charge in [-0.05, 0) is 37.1 Å². The monoisotopic (exact) mass is 219 g/mol. The van der Waals surface area contributed by atoms with Gasteiger partial charge in [0.05, 0.1) is 17.2 Å². The first-order chi connectivity index (χ1) is 7.63. The van der Waals surface area contributed by atoms with Crippen molar-refractivity contribution in [3.05, 3.63) is 29.8 Å². The Kier molecular flexibility index (Phi) is 4.33. The summed E-state index contributed by atoms with van der Waals surface area (Å²) in [6.07, 6.45) is 1.33. The van der Waals surface area contributed by atoms with Crippen molar-refractivity contribution in [3.8, 4) is 11.8 Å². The Hall–Kier alpha value is -1.53. The predicted octanol–water partition coefficient (Wildman–Crippen LogP) is 2.49. The molecule has 0 spiro atoms. The third-order valence-electron chi connectivity index (χ3n) is 2.81. The van der Waals surface area contributed by atoms with Crippen LogP contribution in [-0.2, 0) is 0 Å². The molecule has 0 saturated carbocycles. The topological polar surface area (TPSA) is 53.2 Å². The van der Waals surface area contributed by atoms with Crippen LogP contribution in [0.2, 0.25) is 0 Å². The minimum atomic E-state index is -0.756. The molecule has 0 aliphatic carbocycles. The van der Waals surface area contributed by atoms with Gasteiger partial charge in [0, 0.05) is 0 Å². The van der Waals surface area contributed by atoms with Crippen molar-refractivity contribution in [2.45, 2.75) is 32.3 Å². The van der Waals surface area contributed by atoms with E-state index in [0.29, 0.717) is 24.2 Å². The van der Waals surface area contributed by atoms with Gasteiger partial charge in [-0.25, -0.2) is 0 Å². The molecular formula is C13H17NO2. The van der Waals surface area contributed by atoms with Crippen LogP contribution in [0, 0.1) is 11.3 Å². The van der Waals surface area contributed by atoms with E-state index in [9.17, 15) is 5.11 Å². The summed E-state index contributed by atoms with van der Waals surface area (Å²) in [4.78, 5) is 0. The lowest BCUT2D eigenvalue weighted by Crippen LogP contribution is -2.34. The van der Waals surface area contributed by atoms with Gasteiger partial charge in [-0.15, -0.1) is 0 Å². The summed E-state index contributed by atoms with van der Waals surface area (Å²) in [5.41, 5.74) is -0.151. The summed E-state index contributed by atoms with van der Waals surface area (Å²) in [6, 6.07) is 8.93. The summed E-state index contributed by atoms with van der Waals surface area (Å²) in [5, 5.41) is 18.6. The van der Waals surface area contributed by atoms with Crippen molar-refractivity contribution < 1.29 is 9.84 Å². The van der Waals surface area contributed by atoms with E-state index in [0.717, 1.165) is 0 Å². The summed E-state index contributed by atoms with van der Waals surface area (Å²) in [7, 11) is 0. The molecule has 3 nitrogen and oxygen atoms in total. The van der Waals surface area contributed by atoms with Gasteiger partial charge in [-0.2, -0.15) is 5.26 Å². The van der Waals surface area contributed by atoms with Crippen LogP contribution < -0.4 is 4.74 Å². The lowest BCUT2D eigenvalue weighted by Gasteiger charge is -2.25. The largest absolute Gasteiger partial charge is 0.491 e. The van der Waals surface area contributed by atoms with Crippen molar-refractivity contribution in [1.29, 1.82) is 5.26 Å². The maximum Gasteiger partial charge on any atom is 0.119 e. The van der Waals surface area contributed by atoms with Gasteiger partial charge in [-0.1, -0.05) is 13.8 Å². The molecule has 0 atom stereocenters. The molecule has 0 aliphatic heterocycles. The molecule has 1 N–H and O–H groups in total. The van der Waals surface area contributed by atoms with Crippen LogP contribution in [0.3, 0.4) is 0 Å². The molecule has 16 heavy (non-hydrogen) atoms. The first kappa shape index (κ1) is 12.5. The first-order valence-corrected chi connectivity index (χ1v) is 5.49. The number of nitrogens with zero attached hydrogens (tertiary/aromatic N) is 1. The fourth-order valence-corrected chi connectivity index (χ4v) is 1.30. The highest BCUT2D eigenvalue weighted by Crippen LogP contribution is 2.18. The quantitative estimate of drug-likeness (QED) is 0.827. The highest BCUT2D eigenvalue weighted by Gasteiger charge is 2.22. The zero-order valence-corrected chi connectivity index (χ0v) is 9.73. The van der Waals surface area contributed by atoms with Crippen molar-refractivity contribution in [2.24, 2.45) is 0 Å². The SMILES string of the molecule is CCC(O)(CC)COc1ccc(C#N)cc1. The molecule has 3 heteroatoms. The maximum atomic E-state index is 10.0. The number of aliphatic hydroxyl groups is 1. The molecule has 0 heterocycles. The molecular weight excluding hydrogens is 202 g/mol. The number of nitriles is 1. The van der Waals surface area contributed by atoms with Crippen LogP contribution in [0.1, 0.15) is 32.3 Å². The van der Waals surface area contributed by atoms with E-state index >= 15 is 0 Å². The first-order valence-electron chi connectivity index (χ1n) is 5.49. The van der Waals surface area contributed by atoms with E-state index in [1.54, 1.807) is 24.3 Å². The number of benzene rings is 1. The molecule has 0 unspecified atom stereocenters. The van der Waals surface area contributed by atoms with Crippen LogP contribution in [0.25, 0.3) is 0 Å². The third kappa shape index (κ3) is 3.25. The van der Waals surface area contributed by atoms with Crippen molar-refractivity contribution in [1.82, 2.24) is 0 Å². The fourth-order valence-electron chi connectivity index (χ4n) is 1.30. The zero-order chi connectivity index (χ0) is 12.0. The number of ether oxygens (including phenoxy) is 1. The van der Waals surface area contributed by atoms with Crippen molar-refractivity contribution >= 4 is 0 Å². The standard InChI is InChI=1S/C13H17NO2/c1-3-13(15,4-2)10-16-12-7-5-11(9-14)6-8-12/h5-8,15H,3-4,10H2,1-2H3. The van der Waals surface area contributed by atoms with Gasteiger partial charge in [0.25, 0.3) is 0 Å². The lowest BCUT2D eigenvalue weighted by atomic mass is 9.99. The fraction of sp³-hybridized carbons (Fsp3) is 0.462. The van der Waals surface area contributed by atoms with Crippen LogP contribution in [0.5, 0.6) is 5.75 Å². The van der Waals surface area contributed by atoms with Crippen LogP contribution in [-0.4, -0.2) is 17.3 Å². The summed E-state index contributed by atoms with van der Waals surface area (Å²) in [5.74, 6) is 0.680. The van der Waals surface area contributed by atoms with Gasteiger partial charge >= 0.3 is 0 Å². The average molecular weight is 219 g/mol. The Morgan fingerprint density at radius 3 is 2.25 bits per heavy atom. The Labute approximate surface area is 96.3 Å². The Morgan fingerprint density at radius 1 is 1.25 bits per heavy atom. The van der Waals surface area contributed by atoms with E-state index in [-0.39, 0.29) is 6.61 Å². The molecule has 1 aromatic carbocycles. The number of hydrogen-bond acceptors (Lipinski definition) is 3. The van der Waals surface area contributed by atoms with Gasteiger partial charge in [0.1, 0.15) is 12.4 Å². The molecule has 0 amide bonds. The van der Waals surface area contributed by atoms with Gasteiger partial charge in [-0.3, -0.25) is 0 Å². The summed E-state index contributed by atoms with van der Waals surface area (Å²) < 4.78 is 5.49. The van der Waals surface area contributed by atoms with Gasteiger partial charge < -0.3 is 9.84 Å². The van der Waals surface area contributed by atoms with Gasteiger partial charge in [0.2, 0.25) is 0 Å². The van der Waals surface area contributed by atoms with E-state index in [1.807, 2.05) is 19.9 Å². The Balaban J connectivity index is 2.58. The smallest absolute Gasteiger partial charge is 0.119 e. The molecule has 1 aromatic rings. The van der Waals surface area contributed by atoms with E-state index in [2.05, 4.69) is 0 Å². The third-order valence-corrected chi connectivity index (χ3v) is 2.81. The summed E-state index contributed by atoms with van der Waals surface area (Å²) in [6.45, 7) is 4.16. The highest BCUT2D eigenvalue weighted by atomic mass is 16.5. The van der Waals surface area contributed by atoms with Crippen molar-refractivity contribution in [3.63, 3.8) is 0 Å². The van der Waals surface area contributed by atoms with E-state index in [4.69, 9.17) is 10.00 Å². The van der Waals surface area contributed by atoms with E-state index < -0.39 is 5.60 Å². The molecule has 0 bridgehead atoms. The molecule has 0 saturated heterocycles. The van der Waals surface area contributed by atoms with Crippen LogP contribution >= 0.6 is 0 Å². The van der Waals surface area contributed by atoms with E-state index in [1.165, 1.54) is 0 Å². The second kappa shape index (κ2) is 5.53. The number of hydrogen-bond donors (Lipinski definition) is 1. The molecule has 86 valence electrons. The second-order valence-electron chi connectivity index (χ2n) is 3.86. The van der Waals surface area contributed by atoms with Gasteiger partial charge in [0.15, 0.2) is 0 Å². The highest BCUT2D eigenvalue weighted by molar-refractivity contribution is 5.34.